The predicted molar refractivity (Wildman–Crippen MR) is 107 cm³/mol. The van der Waals surface area contributed by atoms with Crippen molar-refractivity contribution in [1.82, 2.24) is 0 Å². The van der Waals surface area contributed by atoms with Gasteiger partial charge in [-0.2, -0.15) is 0 Å². The Morgan fingerprint density at radius 1 is 1.00 bits per heavy atom. The van der Waals surface area contributed by atoms with Crippen LogP contribution in [-0.2, 0) is 9.59 Å². The largest absolute Gasteiger partial charge is 0.495 e. The SMILES string of the molecule is COc1ccc(NC(=O)C(C)Oc2cccc(C(C)C)c2)cc1NC(C)=O. The maximum Gasteiger partial charge on any atom is 0.265 e. The average molecular weight is 370 g/mol. The molecule has 0 fully saturated rings. The van der Waals surface area contributed by atoms with Crippen LogP contribution >= 0.6 is 0 Å². The Labute approximate surface area is 159 Å². The zero-order chi connectivity index (χ0) is 20.0. The molecule has 27 heavy (non-hydrogen) atoms. The number of nitrogens with one attached hydrogen (secondary N) is 2. The van der Waals surface area contributed by atoms with Gasteiger partial charge in [0.1, 0.15) is 11.5 Å². The van der Waals surface area contributed by atoms with Gasteiger partial charge in [0.2, 0.25) is 5.91 Å². The van der Waals surface area contributed by atoms with Gasteiger partial charge in [0.15, 0.2) is 6.10 Å². The first-order valence-electron chi connectivity index (χ1n) is 8.83. The first-order chi connectivity index (χ1) is 12.8. The lowest BCUT2D eigenvalue weighted by atomic mass is 10.0. The summed E-state index contributed by atoms with van der Waals surface area (Å²) < 4.78 is 11.0. The number of rotatable bonds is 7. The van der Waals surface area contributed by atoms with Crippen molar-refractivity contribution in [3.63, 3.8) is 0 Å². The zero-order valence-electron chi connectivity index (χ0n) is 16.3. The van der Waals surface area contributed by atoms with Crippen molar-refractivity contribution in [2.75, 3.05) is 17.7 Å². The van der Waals surface area contributed by atoms with Crippen molar-refractivity contribution < 1.29 is 19.1 Å². The highest BCUT2D eigenvalue weighted by Crippen LogP contribution is 2.28. The van der Waals surface area contributed by atoms with E-state index < -0.39 is 6.10 Å². The molecule has 2 aromatic rings. The van der Waals surface area contributed by atoms with Crippen LogP contribution in [0.4, 0.5) is 11.4 Å². The van der Waals surface area contributed by atoms with E-state index in [2.05, 4.69) is 24.5 Å². The molecule has 2 aromatic carbocycles. The molecular formula is C21H26N2O4. The molecule has 0 bridgehead atoms. The number of amides is 2. The van der Waals surface area contributed by atoms with Gasteiger partial charge in [-0.1, -0.05) is 26.0 Å². The molecule has 0 aromatic heterocycles. The topological polar surface area (TPSA) is 76.7 Å². The van der Waals surface area contributed by atoms with Gasteiger partial charge in [0, 0.05) is 12.6 Å². The molecule has 6 nitrogen and oxygen atoms in total. The number of methoxy groups -OCH3 is 1. The summed E-state index contributed by atoms with van der Waals surface area (Å²) >= 11 is 0. The Morgan fingerprint density at radius 3 is 2.37 bits per heavy atom. The molecule has 6 heteroatoms. The molecule has 0 saturated carbocycles. The minimum Gasteiger partial charge on any atom is -0.495 e. The summed E-state index contributed by atoms with van der Waals surface area (Å²) in [4.78, 5) is 23.8. The van der Waals surface area contributed by atoms with Gasteiger partial charge in [0.25, 0.3) is 5.91 Å². The molecule has 0 spiro atoms. The first kappa shape index (κ1) is 20.3. The van der Waals surface area contributed by atoms with Crippen LogP contribution in [0, 0.1) is 0 Å². The zero-order valence-corrected chi connectivity index (χ0v) is 16.3. The van der Waals surface area contributed by atoms with Crippen LogP contribution in [0.1, 0.15) is 39.2 Å². The van der Waals surface area contributed by atoms with E-state index in [9.17, 15) is 9.59 Å². The number of carbonyl (C=O) groups is 2. The van der Waals surface area contributed by atoms with E-state index in [4.69, 9.17) is 9.47 Å². The highest BCUT2D eigenvalue weighted by atomic mass is 16.5. The van der Waals surface area contributed by atoms with Crippen molar-refractivity contribution in [1.29, 1.82) is 0 Å². The fraction of sp³-hybridized carbons (Fsp3) is 0.333. The second kappa shape index (κ2) is 9.07. The quantitative estimate of drug-likeness (QED) is 0.766. The molecule has 0 saturated heterocycles. The Kier molecular flexibility index (Phi) is 6.82. The van der Waals surface area contributed by atoms with Crippen LogP contribution < -0.4 is 20.1 Å². The highest BCUT2D eigenvalue weighted by Gasteiger charge is 2.16. The van der Waals surface area contributed by atoms with Gasteiger partial charge < -0.3 is 20.1 Å². The van der Waals surface area contributed by atoms with Crippen LogP contribution in [-0.4, -0.2) is 25.0 Å². The summed E-state index contributed by atoms with van der Waals surface area (Å²) in [6.45, 7) is 7.30. The third-order valence-electron chi connectivity index (χ3n) is 3.98. The third kappa shape index (κ3) is 5.74. The fourth-order valence-corrected chi connectivity index (χ4v) is 2.52. The number of hydrogen-bond acceptors (Lipinski definition) is 4. The van der Waals surface area contributed by atoms with E-state index in [1.165, 1.54) is 14.0 Å². The Morgan fingerprint density at radius 2 is 1.74 bits per heavy atom. The van der Waals surface area contributed by atoms with Crippen LogP contribution in [0.15, 0.2) is 42.5 Å². The van der Waals surface area contributed by atoms with Crippen molar-refractivity contribution in [3.8, 4) is 11.5 Å². The second-order valence-corrected chi connectivity index (χ2v) is 6.57. The summed E-state index contributed by atoms with van der Waals surface area (Å²) in [6.07, 6.45) is -0.682. The molecule has 0 aliphatic carbocycles. The first-order valence-corrected chi connectivity index (χ1v) is 8.83. The van der Waals surface area contributed by atoms with Crippen LogP contribution in [0.5, 0.6) is 11.5 Å². The summed E-state index contributed by atoms with van der Waals surface area (Å²) in [6, 6.07) is 12.7. The Balaban J connectivity index is 2.07. The standard InChI is InChI=1S/C21H26N2O4/c1-13(2)16-7-6-8-18(11-16)27-14(3)21(25)23-17-9-10-20(26-5)19(12-17)22-15(4)24/h6-14H,1-5H3,(H,22,24)(H,23,25). The lowest BCUT2D eigenvalue weighted by Gasteiger charge is -2.17. The van der Waals surface area contributed by atoms with Crippen molar-refractivity contribution in [2.45, 2.75) is 39.7 Å². The summed E-state index contributed by atoms with van der Waals surface area (Å²) in [5.74, 6) is 1.03. The molecule has 0 aliphatic heterocycles. The van der Waals surface area contributed by atoms with Gasteiger partial charge in [0.05, 0.1) is 12.8 Å². The molecule has 1 unspecified atom stereocenters. The van der Waals surface area contributed by atoms with Gasteiger partial charge in [-0.15, -0.1) is 0 Å². The van der Waals surface area contributed by atoms with Gasteiger partial charge in [-0.3, -0.25) is 9.59 Å². The molecule has 0 radical (unpaired) electrons. The second-order valence-electron chi connectivity index (χ2n) is 6.57. The summed E-state index contributed by atoms with van der Waals surface area (Å²) in [5.41, 5.74) is 2.17. The van der Waals surface area contributed by atoms with E-state index in [1.54, 1.807) is 25.1 Å². The molecule has 2 amide bonds. The van der Waals surface area contributed by atoms with Crippen molar-refractivity contribution in [3.05, 3.63) is 48.0 Å². The van der Waals surface area contributed by atoms with Crippen molar-refractivity contribution in [2.24, 2.45) is 0 Å². The van der Waals surface area contributed by atoms with Crippen LogP contribution in [0.25, 0.3) is 0 Å². The van der Waals surface area contributed by atoms with E-state index in [0.717, 1.165) is 5.56 Å². The minimum atomic E-state index is -0.682. The average Bonchev–Trinajstić information content (AvgIpc) is 2.61. The smallest absolute Gasteiger partial charge is 0.265 e. The number of hydrogen-bond donors (Lipinski definition) is 2. The Bertz CT molecular complexity index is 818. The maximum atomic E-state index is 12.5. The monoisotopic (exact) mass is 370 g/mol. The van der Waals surface area contributed by atoms with Crippen LogP contribution in [0.3, 0.4) is 0 Å². The third-order valence-corrected chi connectivity index (χ3v) is 3.98. The van der Waals surface area contributed by atoms with Crippen molar-refractivity contribution >= 4 is 23.2 Å². The van der Waals surface area contributed by atoms with E-state index in [-0.39, 0.29) is 11.8 Å². The van der Waals surface area contributed by atoms with Gasteiger partial charge >= 0.3 is 0 Å². The highest BCUT2D eigenvalue weighted by molar-refractivity contribution is 5.96. The number of ether oxygens (including phenoxy) is 2. The molecule has 2 N–H and O–H groups in total. The normalized spacial score (nSPS) is 11.6. The molecule has 0 aliphatic rings. The lowest BCUT2D eigenvalue weighted by Crippen LogP contribution is -2.30. The lowest BCUT2D eigenvalue weighted by molar-refractivity contribution is -0.122. The summed E-state index contributed by atoms with van der Waals surface area (Å²) in [5, 5.41) is 5.47. The molecule has 2 rings (SSSR count). The van der Waals surface area contributed by atoms with E-state index >= 15 is 0 Å². The van der Waals surface area contributed by atoms with Gasteiger partial charge in [-0.25, -0.2) is 0 Å². The number of anilines is 2. The number of benzene rings is 2. The maximum absolute atomic E-state index is 12.5. The van der Waals surface area contributed by atoms with E-state index in [1.807, 2.05) is 24.3 Å². The summed E-state index contributed by atoms with van der Waals surface area (Å²) in [7, 11) is 1.51. The number of carbonyl (C=O) groups excluding carboxylic acids is 2. The molecule has 1 atom stereocenters. The van der Waals surface area contributed by atoms with Crippen LogP contribution in [0.2, 0.25) is 0 Å². The fourth-order valence-electron chi connectivity index (χ4n) is 2.52. The Hall–Kier alpha value is -3.02. The molecular weight excluding hydrogens is 344 g/mol. The molecule has 144 valence electrons. The minimum absolute atomic E-state index is 0.224. The van der Waals surface area contributed by atoms with Gasteiger partial charge in [-0.05, 0) is 48.7 Å². The predicted octanol–water partition coefficient (Wildman–Crippen LogP) is 4.18. The van der Waals surface area contributed by atoms with E-state index in [0.29, 0.717) is 28.8 Å². The molecule has 0 heterocycles.